The minimum Gasteiger partial charge on any atom is -0.381 e. The van der Waals surface area contributed by atoms with Gasteiger partial charge >= 0.3 is 0 Å². The van der Waals surface area contributed by atoms with E-state index >= 15 is 0 Å². The van der Waals surface area contributed by atoms with Crippen molar-refractivity contribution in [2.45, 2.75) is 32.4 Å². The molecule has 3 aromatic rings. The summed E-state index contributed by atoms with van der Waals surface area (Å²) in [5, 5.41) is 5.36. The summed E-state index contributed by atoms with van der Waals surface area (Å²) < 4.78 is 7.66. The van der Waals surface area contributed by atoms with Gasteiger partial charge in [-0.2, -0.15) is 0 Å². The van der Waals surface area contributed by atoms with Gasteiger partial charge in [-0.1, -0.05) is 18.2 Å². The molecule has 0 spiro atoms. The van der Waals surface area contributed by atoms with Crippen molar-refractivity contribution in [2.24, 2.45) is 11.7 Å². The zero-order valence-electron chi connectivity index (χ0n) is 15.5. The van der Waals surface area contributed by atoms with Crippen molar-refractivity contribution in [3.05, 3.63) is 42.5 Å². The lowest BCUT2D eigenvalue weighted by molar-refractivity contribution is -0.119. The van der Waals surface area contributed by atoms with E-state index in [9.17, 15) is 4.79 Å². The zero-order chi connectivity index (χ0) is 18.1. The molecule has 1 saturated heterocycles. The molecule has 2 aromatic carbocycles. The molecule has 3 N–H and O–H groups in total. The van der Waals surface area contributed by atoms with Gasteiger partial charge in [0.05, 0.1) is 6.04 Å². The molecule has 2 heterocycles. The number of hydrogen-bond acceptors (Lipinski definition) is 3. The van der Waals surface area contributed by atoms with Crippen LogP contribution in [0.25, 0.3) is 21.8 Å². The minimum atomic E-state index is -0.494. The third-order valence-electron chi connectivity index (χ3n) is 5.43. The first kappa shape index (κ1) is 19.7. The predicted molar refractivity (Wildman–Crippen MR) is 113 cm³/mol. The Bertz CT molecular complexity index is 947. The molecular weight excluding hydrogens is 362 g/mol. The van der Waals surface area contributed by atoms with Crippen LogP contribution in [0.1, 0.15) is 19.8 Å². The number of aromatic nitrogens is 1. The number of carbonyl (C=O) groups is 1. The maximum atomic E-state index is 12.6. The summed E-state index contributed by atoms with van der Waals surface area (Å²) in [5.41, 5.74) is 9.39. The molecule has 1 fully saturated rings. The first-order chi connectivity index (χ1) is 12.7. The summed E-state index contributed by atoms with van der Waals surface area (Å²) in [6, 6.07) is 14.0. The van der Waals surface area contributed by atoms with Crippen LogP contribution in [0.2, 0.25) is 0 Å². The van der Waals surface area contributed by atoms with Crippen LogP contribution in [0, 0.1) is 5.92 Å². The Morgan fingerprint density at radius 3 is 2.63 bits per heavy atom. The number of amides is 1. The van der Waals surface area contributed by atoms with Crippen LogP contribution >= 0.6 is 12.4 Å². The van der Waals surface area contributed by atoms with Crippen LogP contribution in [0.15, 0.2) is 42.5 Å². The number of fused-ring (bicyclic) bond motifs is 3. The van der Waals surface area contributed by atoms with E-state index in [2.05, 4.69) is 47.1 Å². The van der Waals surface area contributed by atoms with Gasteiger partial charge in [-0.3, -0.25) is 4.79 Å². The third kappa shape index (κ3) is 3.68. The van der Waals surface area contributed by atoms with Gasteiger partial charge in [0.15, 0.2) is 0 Å². The van der Waals surface area contributed by atoms with E-state index < -0.39 is 6.04 Å². The number of halogens is 1. The minimum absolute atomic E-state index is 0. The highest BCUT2D eigenvalue weighted by Crippen LogP contribution is 2.31. The Balaban J connectivity index is 0.00000210. The lowest BCUT2D eigenvalue weighted by Crippen LogP contribution is -2.43. The van der Waals surface area contributed by atoms with Crippen molar-refractivity contribution in [2.75, 3.05) is 18.5 Å². The quantitative estimate of drug-likeness (QED) is 0.712. The summed E-state index contributed by atoms with van der Waals surface area (Å²) in [6.45, 7) is 4.43. The summed E-state index contributed by atoms with van der Waals surface area (Å²) in [6.07, 6.45) is 1.69. The van der Waals surface area contributed by atoms with E-state index in [1.54, 1.807) is 0 Å². The number of nitrogens with zero attached hydrogens (tertiary/aromatic N) is 1. The van der Waals surface area contributed by atoms with Gasteiger partial charge in [0.25, 0.3) is 0 Å². The van der Waals surface area contributed by atoms with Crippen LogP contribution in [-0.4, -0.2) is 29.7 Å². The molecule has 5 nitrogen and oxygen atoms in total. The Morgan fingerprint density at radius 2 is 1.89 bits per heavy atom. The Morgan fingerprint density at radius 1 is 1.19 bits per heavy atom. The molecule has 0 radical (unpaired) electrons. The normalized spacial score (nSPS) is 16.2. The molecule has 4 rings (SSSR count). The molecular formula is C21H26ClN3O2. The standard InChI is InChI=1S/C21H25N3O2.ClH/c1-2-24-18-6-4-3-5-16(18)17-13-15(7-8-19(17)24)23-21(25)20(22)14-9-11-26-12-10-14;/h3-8,13-14,20H,2,9-12,22H2,1H3,(H,23,25);1H. The van der Waals surface area contributed by atoms with E-state index in [0.29, 0.717) is 13.2 Å². The second-order valence-electron chi connectivity index (χ2n) is 6.96. The SMILES string of the molecule is CCn1c2ccccc2c2cc(NC(=O)C(N)C3CCOCC3)ccc21.Cl. The molecule has 0 bridgehead atoms. The van der Waals surface area contributed by atoms with Crippen molar-refractivity contribution in [1.29, 1.82) is 0 Å². The van der Waals surface area contributed by atoms with Gasteiger partial charge in [0.1, 0.15) is 0 Å². The molecule has 1 amide bonds. The maximum absolute atomic E-state index is 12.6. The number of nitrogens with two attached hydrogens (primary N) is 1. The lowest BCUT2D eigenvalue weighted by Gasteiger charge is -2.26. The molecule has 1 atom stereocenters. The van der Waals surface area contributed by atoms with E-state index in [0.717, 1.165) is 30.5 Å². The fraction of sp³-hybridized carbons (Fsp3) is 0.381. The molecule has 1 unspecified atom stereocenters. The van der Waals surface area contributed by atoms with Gasteiger partial charge in [-0.15, -0.1) is 12.4 Å². The number of rotatable bonds is 4. The highest BCUT2D eigenvalue weighted by molar-refractivity contribution is 6.10. The number of anilines is 1. The van der Waals surface area contributed by atoms with Crippen LogP contribution in [0.4, 0.5) is 5.69 Å². The van der Waals surface area contributed by atoms with Crippen LogP contribution in [-0.2, 0) is 16.1 Å². The third-order valence-corrected chi connectivity index (χ3v) is 5.43. The number of hydrogen-bond donors (Lipinski definition) is 2. The smallest absolute Gasteiger partial charge is 0.241 e. The van der Waals surface area contributed by atoms with Crippen molar-refractivity contribution < 1.29 is 9.53 Å². The highest BCUT2D eigenvalue weighted by Gasteiger charge is 2.26. The van der Waals surface area contributed by atoms with Crippen molar-refractivity contribution in [3.8, 4) is 0 Å². The average Bonchev–Trinajstić information content (AvgIpc) is 3.01. The number of para-hydroxylation sites is 1. The molecule has 0 saturated carbocycles. The second kappa shape index (κ2) is 8.30. The van der Waals surface area contributed by atoms with Crippen molar-refractivity contribution in [1.82, 2.24) is 4.57 Å². The van der Waals surface area contributed by atoms with Crippen molar-refractivity contribution >= 4 is 45.8 Å². The molecule has 0 aliphatic carbocycles. The monoisotopic (exact) mass is 387 g/mol. The lowest BCUT2D eigenvalue weighted by atomic mass is 9.92. The number of aryl methyl sites for hydroxylation is 1. The van der Waals surface area contributed by atoms with Gasteiger partial charge in [-0.05, 0) is 49.9 Å². The van der Waals surface area contributed by atoms with Gasteiger partial charge in [0.2, 0.25) is 5.91 Å². The Kier molecular flexibility index (Phi) is 6.05. The van der Waals surface area contributed by atoms with E-state index in [4.69, 9.17) is 10.5 Å². The molecule has 1 aliphatic heterocycles. The van der Waals surface area contributed by atoms with E-state index in [-0.39, 0.29) is 24.2 Å². The largest absolute Gasteiger partial charge is 0.381 e. The molecule has 1 aromatic heterocycles. The van der Waals surface area contributed by atoms with Crippen LogP contribution < -0.4 is 11.1 Å². The summed E-state index contributed by atoms with van der Waals surface area (Å²) in [4.78, 5) is 12.6. The average molecular weight is 388 g/mol. The number of nitrogens with one attached hydrogen (secondary N) is 1. The summed E-state index contributed by atoms with van der Waals surface area (Å²) in [5.74, 6) is 0.0740. The number of ether oxygens (including phenoxy) is 1. The summed E-state index contributed by atoms with van der Waals surface area (Å²) >= 11 is 0. The molecule has 144 valence electrons. The Hall–Kier alpha value is -2.08. The summed E-state index contributed by atoms with van der Waals surface area (Å²) in [7, 11) is 0. The predicted octanol–water partition coefficient (Wildman–Crippen LogP) is 3.93. The topological polar surface area (TPSA) is 69.3 Å². The first-order valence-electron chi connectivity index (χ1n) is 9.34. The van der Waals surface area contributed by atoms with E-state index in [1.165, 1.54) is 16.4 Å². The Labute approximate surface area is 165 Å². The molecule has 27 heavy (non-hydrogen) atoms. The van der Waals surface area contributed by atoms with Crippen LogP contribution in [0.5, 0.6) is 0 Å². The zero-order valence-corrected chi connectivity index (χ0v) is 16.3. The molecule has 6 heteroatoms. The number of carbonyl (C=O) groups excluding carboxylic acids is 1. The first-order valence-corrected chi connectivity index (χ1v) is 9.34. The maximum Gasteiger partial charge on any atom is 0.241 e. The van der Waals surface area contributed by atoms with Gasteiger partial charge < -0.3 is 20.4 Å². The van der Waals surface area contributed by atoms with Crippen molar-refractivity contribution in [3.63, 3.8) is 0 Å². The highest BCUT2D eigenvalue weighted by atomic mass is 35.5. The fourth-order valence-corrected chi connectivity index (χ4v) is 3.99. The van der Waals surface area contributed by atoms with Gasteiger partial charge in [-0.25, -0.2) is 0 Å². The number of benzene rings is 2. The van der Waals surface area contributed by atoms with E-state index in [1.807, 2.05) is 12.1 Å². The van der Waals surface area contributed by atoms with Crippen LogP contribution in [0.3, 0.4) is 0 Å². The molecule has 1 aliphatic rings. The second-order valence-corrected chi connectivity index (χ2v) is 6.96. The fourth-order valence-electron chi connectivity index (χ4n) is 3.99. The van der Waals surface area contributed by atoms with Gasteiger partial charge in [0, 0.05) is 47.3 Å².